The third-order valence-corrected chi connectivity index (χ3v) is 12.6. The van der Waals surface area contributed by atoms with Gasteiger partial charge in [-0.15, -0.1) is 0 Å². The number of hydrogen-bond acceptors (Lipinski definition) is 12. The van der Waals surface area contributed by atoms with Crippen molar-refractivity contribution < 1.29 is 46.2 Å². The van der Waals surface area contributed by atoms with Crippen molar-refractivity contribution in [3.63, 3.8) is 0 Å². The van der Waals surface area contributed by atoms with E-state index in [2.05, 4.69) is 41.6 Å². The molecule has 0 bridgehead atoms. The molecule has 408 valence electrons. The van der Waals surface area contributed by atoms with Crippen molar-refractivity contribution >= 4 is 87.7 Å². The topological polar surface area (TPSA) is 254 Å². The third kappa shape index (κ3) is 18.6. The van der Waals surface area contributed by atoms with E-state index in [1.807, 2.05) is 60.7 Å². The Morgan fingerprint density at radius 2 is 0.833 bits per heavy atom. The first-order valence-corrected chi connectivity index (χ1v) is 25.1. The molecule has 3 aliphatic heterocycles. The molecule has 0 aliphatic carbocycles. The van der Waals surface area contributed by atoms with Gasteiger partial charge >= 0.3 is 18.2 Å². The molecule has 0 spiro atoms. The van der Waals surface area contributed by atoms with Crippen LogP contribution in [0, 0.1) is 5.82 Å². The zero-order chi connectivity index (χ0) is 55.6. The van der Waals surface area contributed by atoms with E-state index in [1.54, 1.807) is 30.3 Å². The van der Waals surface area contributed by atoms with Gasteiger partial charge in [-0.3, -0.25) is 4.79 Å². The number of ether oxygens (including phenoxy) is 3. The summed E-state index contributed by atoms with van der Waals surface area (Å²) in [5.41, 5.74) is 22.3. The van der Waals surface area contributed by atoms with E-state index in [1.165, 1.54) is 36.4 Å². The summed E-state index contributed by atoms with van der Waals surface area (Å²) >= 11 is 11.8. The first-order chi connectivity index (χ1) is 37.4. The zero-order valence-corrected chi connectivity index (χ0v) is 43.2. The molecule has 3 unspecified atom stereocenters. The molecule has 9 rings (SSSR count). The number of rotatable bonds is 15. The number of halogens is 6. The zero-order valence-electron chi connectivity index (χ0n) is 41.7. The maximum Gasteiger partial charge on any atom is 0.416 e. The number of aryl methyl sites for hydroxylation is 3. The van der Waals surface area contributed by atoms with Crippen molar-refractivity contribution in [2.75, 3.05) is 46.4 Å². The van der Waals surface area contributed by atoms with Gasteiger partial charge in [-0.1, -0.05) is 59.6 Å². The largest absolute Gasteiger partial charge is 0.463 e. The fourth-order valence-corrected chi connectivity index (χ4v) is 8.02. The number of nitrogens with zero attached hydrogens (tertiary/aromatic N) is 3. The number of anilines is 5. The van der Waals surface area contributed by atoms with Gasteiger partial charge in [0.05, 0.1) is 33.7 Å². The monoisotopic (exact) mass is 1110 g/mol. The Balaban J connectivity index is 0.000000170. The van der Waals surface area contributed by atoms with Crippen molar-refractivity contribution in [3.05, 3.63) is 183 Å². The first-order valence-electron chi connectivity index (χ1n) is 24.4. The summed E-state index contributed by atoms with van der Waals surface area (Å²) < 4.78 is 65.9. The highest BCUT2D eigenvalue weighted by atomic mass is 35.5. The molecular weight excluding hydrogens is 1060 g/mol. The number of nitrogens with two attached hydrogens (primary N) is 3. The lowest BCUT2D eigenvalue weighted by Gasteiger charge is -2.10. The van der Waals surface area contributed by atoms with Gasteiger partial charge < -0.3 is 58.0 Å². The molecule has 78 heavy (non-hydrogen) atoms. The van der Waals surface area contributed by atoms with Gasteiger partial charge in [0.1, 0.15) is 25.6 Å². The summed E-state index contributed by atoms with van der Waals surface area (Å²) in [5.74, 6) is -0.634. The van der Waals surface area contributed by atoms with E-state index in [-0.39, 0.29) is 59.6 Å². The number of aliphatic imine (C=N–C) groups is 3. The number of nitrogens with one attached hydrogen (secondary N) is 5. The van der Waals surface area contributed by atoms with Crippen LogP contribution in [0.15, 0.2) is 155 Å². The molecule has 0 saturated carbocycles. The predicted octanol–water partition coefficient (Wildman–Crippen LogP) is 11.0. The molecule has 0 saturated heterocycles. The highest BCUT2D eigenvalue weighted by Crippen LogP contribution is 2.30. The highest BCUT2D eigenvalue weighted by molar-refractivity contribution is 6.42. The minimum atomic E-state index is -4.41. The smallest absolute Gasteiger partial charge is 0.416 e. The summed E-state index contributed by atoms with van der Waals surface area (Å²) in [6, 6.07) is 37.3. The van der Waals surface area contributed by atoms with Crippen molar-refractivity contribution in [3.8, 4) is 0 Å². The minimum Gasteiger partial charge on any atom is -0.463 e. The van der Waals surface area contributed by atoms with E-state index >= 15 is 0 Å². The van der Waals surface area contributed by atoms with Crippen LogP contribution in [0.4, 0.5) is 55.6 Å². The van der Waals surface area contributed by atoms with Crippen LogP contribution < -0.4 is 43.8 Å². The van der Waals surface area contributed by atoms with Crippen molar-refractivity contribution in [1.29, 1.82) is 0 Å². The number of alkyl halides is 3. The van der Waals surface area contributed by atoms with Crippen LogP contribution in [0.5, 0.6) is 0 Å². The van der Waals surface area contributed by atoms with Crippen LogP contribution in [-0.4, -0.2) is 74.0 Å². The lowest BCUT2D eigenvalue weighted by molar-refractivity contribution is -0.137. The molecular formula is C55H55Cl2F4N11O6. The Morgan fingerprint density at radius 3 is 1.18 bits per heavy atom. The number of carbonyl (C=O) groups is 3. The van der Waals surface area contributed by atoms with E-state index in [0.717, 1.165) is 67.3 Å². The number of amides is 5. The Morgan fingerprint density at radius 1 is 0.487 bits per heavy atom. The van der Waals surface area contributed by atoms with Crippen molar-refractivity contribution in [1.82, 2.24) is 0 Å². The minimum absolute atomic E-state index is 0.0623. The fraction of sp³-hybridized carbons (Fsp3) is 0.236. The van der Waals surface area contributed by atoms with Crippen LogP contribution in [0.1, 0.15) is 51.9 Å². The molecule has 0 aromatic heterocycles. The first kappa shape index (κ1) is 57.2. The average Bonchev–Trinajstić information content (AvgIpc) is 4.17. The lowest BCUT2D eigenvalue weighted by Crippen LogP contribution is -2.19. The second-order valence-electron chi connectivity index (χ2n) is 17.8. The summed E-state index contributed by atoms with van der Waals surface area (Å²) in [7, 11) is 0. The van der Waals surface area contributed by atoms with E-state index in [9.17, 15) is 31.9 Å². The SMILES string of the molecule is NC1=NC(CCc2ccc(NC(=O)Nc3ccc(C(F)(F)F)cc3)cc2)CO1.NC1=NC(CCc2ccc(NC(=O)Nc3ccc(Cl)c(Cl)c3)cc2)CO1.NC1=NC(CCc2ccc(NC(=O)c3ccc(F)cc3)cc2)CO1. The number of carbonyl (C=O) groups excluding carboxylic acids is 3. The van der Waals surface area contributed by atoms with E-state index < -0.39 is 17.8 Å². The summed E-state index contributed by atoms with van der Waals surface area (Å²) in [4.78, 5) is 48.7. The summed E-state index contributed by atoms with van der Waals surface area (Å²) in [6.45, 7) is 1.58. The average molecular weight is 1110 g/mol. The van der Waals surface area contributed by atoms with E-state index in [4.69, 9.17) is 54.6 Å². The van der Waals surface area contributed by atoms with Crippen LogP contribution >= 0.6 is 23.2 Å². The summed E-state index contributed by atoms with van der Waals surface area (Å²) in [6.07, 6.45) is 0.641. The molecule has 0 fully saturated rings. The maximum absolute atomic E-state index is 12.9. The number of urea groups is 2. The molecule has 5 amide bonds. The van der Waals surface area contributed by atoms with Crippen LogP contribution in [0.3, 0.4) is 0 Å². The van der Waals surface area contributed by atoms with Gasteiger partial charge in [0.15, 0.2) is 0 Å². The van der Waals surface area contributed by atoms with Gasteiger partial charge in [-0.05, 0) is 158 Å². The van der Waals surface area contributed by atoms with Crippen molar-refractivity contribution in [2.24, 2.45) is 32.2 Å². The fourth-order valence-electron chi connectivity index (χ4n) is 7.72. The molecule has 17 nitrogen and oxygen atoms in total. The summed E-state index contributed by atoms with van der Waals surface area (Å²) in [5, 5.41) is 14.2. The lowest BCUT2D eigenvalue weighted by atomic mass is 10.1. The maximum atomic E-state index is 12.9. The number of hydrogen-bond donors (Lipinski definition) is 8. The Kier molecular flexibility index (Phi) is 20.1. The normalized spacial score (nSPS) is 16.2. The Bertz CT molecular complexity index is 3080. The second-order valence-corrected chi connectivity index (χ2v) is 18.6. The van der Waals surface area contributed by atoms with Crippen LogP contribution in [-0.2, 0) is 39.6 Å². The van der Waals surface area contributed by atoms with Gasteiger partial charge in [-0.25, -0.2) is 29.0 Å². The Labute approximate surface area is 456 Å². The number of benzene rings is 6. The molecule has 3 aliphatic rings. The third-order valence-electron chi connectivity index (χ3n) is 11.9. The van der Waals surface area contributed by atoms with Crippen LogP contribution in [0.25, 0.3) is 0 Å². The molecule has 6 aromatic carbocycles. The van der Waals surface area contributed by atoms with Crippen molar-refractivity contribution in [2.45, 2.75) is 62.8 Å². The van der Waals surface area contributed by atoms with Gasteiger partial charge in [0, 0.05) is 34.0 Å². The molecule has 11 N–H and O–H groups in total. The van der Waals surface area contributed by atoms with E-state index in [0.29, 0.717) is 58.2 Å². The van der Waals surface area contributed by atoms with Gasteiger partial charge in [-0.2, -0.15) is 13.2 Å². The highest BCUT2D eigenvalue weighted by Gasteiger charge is 2.30. The van der Waals surface area contributed by atoms with Gasteiger partial charge in [0.2, 0.25) is 0 Å². The van der Waals surface area contributed by atoms with Gasteiger partial charge in [0.25, 0.3) is 24.0 Å². The second kappa shape index (κ2) is 27.5. The predicted molar refractivity (Wildman–Crippen MR) is 296 cm³/mol. The molecule has 0 radical (unpaired) electrons. The molecule has 6 aromatic rings. The molecule has 23 heteroatoms. The number of amidine groups is 3. The Hall–Kier alpha value is -8.56. The standard InChI is InChI=1S/C19H19F3N4O2.C18H18Cl2N4O2.C18H18FN3O2/c20-19(21,22)13-4-9-15(10-5-13)26-18(27)25-14-6-1-12(2-7-14)3-8-16-11-28-17(23)24-16;19-15-8-7-13(9-16(15)20)24-18(25)23-12-4-1-11(2-5-12)3-6-14-10-26-17(21)22-14;19-14-6-4-13(5-7-14)17(23)21-15-8-1-12(2-9-15)3-10-16-11-24-18(20)22-16/h1-2,4-7,9-10,16H,3,8,11H2,(H2,23,24)(H2,25,26,27);1-2,4-5,7-9,14H,3,6,10H2,(H2,21,22)(H2,23,24,25);1-2,4-9,16H,3,10-11H2,(H2,20,22)(H,21,23). The quantitative estimate of drug-likeness (QED) is 0.0455. The molecule has 3 heterocycles. The van der Waals surface area contributed by atoms with Crippen LogP contribution in [0.2, 0.25) is 10.0 Å². The molecule has 3 atom stereocenters.